The number of anilines is 4. The van der Waals surface area contributed by atoms with Crippen LogP contribution < -0.4 is 20.7 Å². The van der Waals surface area contributed by atoms with E-state index >= 15 is 0 Å². The van der Waals surface area contributed by atoms with Crippen LogP contribution in [0.5, 0.6) is 0 Å². The first-order valence-corrected chi connectivity index (χ1v) is 41.1. The van der Waals surface area contributed by atoms with Crippen LogP contribution in [-0.4, -0.2) is 81.8 Å². The summed E-state index contributed by atoms with van der Waals surface area (Å²) in [6.45, 7) is 3.87. The number of hydrogen-bond acceptors (Lipinski definition) is 11. The predicted molar refractivity (Wildman–Crippen MR) is 506 cm³/mol. The van der Waals surface area contributed by atoms with E-state index in [0.717, 1.165) is 123 Å². The molecule has 0 amide bonds. The number of nitrogens with zero attached hydrogens (tertiary/aromatic N) is 13. The van der Waals surface area contributed by atoms with Crippen molar-refractivity contribution in [1.82, 2.24) is 49.3 Å². The third-order valence-electron chi connectivity index (χ3n) is 22.5. The van der Waals surface area contributed by atoms with Crippen molar-refractivity contribution in [3.63, 3.8) is 0 Å². The fourth-order valence-corrected chi connectivity index (χ4v) is 16.6. The van der Waals surface area contributed by atoms with E-state index < -0.39 is 0 Å². The van der Waals surface area contributed by atoms with Gasteiger partial charge in [-0.25, -0.2) is 44.9 Å². The van der Waals surface area contributed by atoms with Crippen LogP contribution in [0.4, 0.5) is 22.7 Å². The molecule has 1 N–H and O–H groups in total. The molecule has 0 bridgehead atoms. The Morgan fingerprint density at radius 2 is 0.813 bits per heavy atom. The lowest BCUT2D eigenvalue weighted by Crippen LogP contribution is -2.51. The van der Waals surface area contributed by atoms with Crippen molar-refractivity contribution in [2.45, 2.75) is 12.2 Å². The smallest absolute Gasteiger partial charge is 0.224 e. The average Bonchev–Trinajstić information content (AvgIpc) is 1.56. The van der Waals surface area contributed by atoms with E-state index in [0.29, 0.717) is 69.7 Å². The molecule has 0 spiro atoms. The highest BCUT2D eigenvalue weighted by atomic mass is 15.2. The van der Waals surface area contributed by atoms with E-state index in [1.54, 1.807) is 0 Å². The van der Waals surface area contributed by atoms with Gasteiger partial charge in [0.1, 0.15) is 5.84 Å². The zero-order valence-corrected chi connectivity index (χ0v) is 67.7. The zero-order valence-electron chi connectivity index (χ0n) is 67.7. The SMILES string of the molecule is C=C/C=C\CC1B(c2ccccc2N(C)c2ccccc2)c2ccccc2N(c2ccccc2)/C=C/C=C\1N(C)/C(=N\C(=N)c1ccccc1)c1cc(-c2nc(-c3ccccc3)cc(-c3ccccc3)n2)ccc1-n1c2ccc(-c3nc(-c4ccccc4)nc(-c4ccccc4)n3)cc2c2cc(-c3nc(-c4ccccc4)nc(-c4ccccc4)n3)ccc21. The van der Waals surface area contributed by atoms with E-state index in [1.165, 1.54) is 0 Å². The summed E-state index contributed by atoms with van der Waals surface area (Å²) in [5.41, 5.74) is 19.9. The average molecular weight is 1590 g/mol. The highest BCUT2D eigenvalue weighted by Gasteiger charge is 2.39. The standard InChI is InChI=1S/C108H81BN14/c1-4-5-15-57-90-98(62-38-69-122(85-55-32-14-33-56-85)99-61-37-35-59-91(99)109(90)89-58-34-36-60-97(89)120(2)84-53-30-13-31-54-84)121(3)108(113-100(110)76-43-20-8-21-44-76)88-72-83(105-111-92(74-39-16-6-17-40-74)73-93(112-105)75-41-18-7-19-42-75)65-68-96(88)123-94-66-63-81(106-116-101(77-45-22-9-23-46-77)114-102(117-106)78-47-24-10-25-48-78)70-86(94)87-71-82(64-67-95(87)123)107-118-103(79-49-26-11-27-50-79)115-104(119-107)80-51-28-12-29-52-80/h4-56,58-73,90,110H,1,57H2,2-3H3/b15-5-,69-38+,98-62+,110-100?,113-108-. The summed E-state index contributed by atoms with van der Waals surface area (Å²) >= 11 is 0. The van der Waals surface area contributed by atoms with Crippen LogP contribution in [0.2, 0.25) is 5.82 Å². The number of rotatable bonds is 20. The monoisotopic (exact) mass is 1580 g/mol. The van der Waals surface area contributed by atoms with Gasteiger partial charge in [-0.2, -0.15) is 0 Å². The molecule has 5 heterocycles. The number of nitrogens with one attached hydrogen (secondary N) is 1. The van der Waals surface area contributed by atoms with Crippen molar-refractivity contribution in [3.05, 3.63) is 442 Å². The first-order chi connectivity index (χ1) is 60.7. The first kappa shape index (κ1) is 76.7. The van der Waals surface area contributed by atoms with Gasteiger partial charge in [-0.3, -0.25) is 5.41 Å². The zero-order chi connectivity index (χ0) is 83.0. The lowest BCUT2D eigenvalue weighted by molar-refractivity contribution is 0.587. The number of amidine groups is 2. The molecule has 1 unspecified atom stereocenters. The molecule has 1 atom stereocenters. The van der Waals surface area contributed by atoms with Crippen molar-refractivity contribution in [3.8, 4) is 108 Å². The number of benzene rings is 14. The van der Waals surface area contributed by atoms with Gasteiger partial charge in [0, 0.05) is 121 Å². The maximum atomic E-state index is 10.6. The number of aliphatic imine (C=N–C) groups is 1. The minimum absolute atomic E-state index is 0.0393. The lowest BCUT2D eigenvalue weighted by atomic mass is 9.31. The molecule has 18 aromatic rings. The molecule has 123 heavy (non-hydrogen) atoms. The second kappa shape index (κ2) is 34.7. The largest absolute Gasteiger partial charge is 0.345 e. The molecule has 0 fully saturated rings. The number of fused-ring (bicyclic) bond motifs is 4. The topological polar surface area (TPSA) is 154 Å². The molecule has 19 rings (SSSR count). The van der Waals surface area contributed by atoms with Crippen molar-refractivity contribution in [2.24, 2.45) is 4.99 Å². The summed E-state index contributed by atoms with van der Waals surface area (Å²) in [5, 5.41) is 12.3. The molecule has 1 aliphatic heterocycles. The summed E-state index contributed by atoms with van der Waals surface area (Å²) in [7, 11) is 4.27. The molecule has 4 aromatic heterocycles. The third kappa shape index (κ3) is 15.9. The van der Waals surface area contributed by atoms with Gasteiger partial charge >= 0.3 is 0 Å². The molecule has 586 valence electrons. The van der Waals surface area contributed by atoms with Gasteiger partial charge in [0.25, 0.3) is 0 Å². The van der Waals surface area contributed by atoms with Crippen molar-refractivity contribution in [1.29, 1.82) is 5.41 Å². The molecular formula is C108H81BN14. The Labute approximate surface area is 715 Å². The van der Waals surface area contributed by atoms with Crippen LogP contribution in [-0.2, 0) is 0 Å². The normalized spacial score (nSPS) is 13.5. The molecule has 0 aliphatic carbocycles. The summed E-state index contributed by atoms with van der Waals surface area (Å²) in [6, 6.07) is 131. The first-order valence-electron chi connectivity index (χ1n) is 41.1. The van der Waals surface area contributed by atoms with Crippen molar-refractivity contribution >= 4 is 73.9 Å². The van der Waals surface area contributed by atoms with Gasteiger partial charge in [0.15, 0.2) is 46.6 Å². The Morgan fingerprint density at radius 3 is 1.31 bits per heavy atom. The van der Waals surface area contributed by atoms with E-state index in [2.05, 4.69) is 258 Å². The quantitative estimate of drug-likeness (QED) is 0.0336. The van der Waals surface area contributed by atoms with E-state index in [1.807, 2.05) is 200 Å². The number of hydrogen-bond donors (Lipinski definition) is 1. The van der Waals surface area contributed by atoms with Crippen LogP contribution in [0, 0.1) is 5.41 Å². The van der Waals surface area contributed by atoms with Gasteiger partial charge in [-0.05, 0) is 127 Å². The summed E-state index contributed by atoms with van der Waals surface area (Å²) in [6.07, 6.45) is 13.2. The maximum Gasteiger partial charge on any atom is 0.224 e. The Balaban J connectivity index is 0.907. The lowest BCUT2D eigenvalue weighted by Gasteiger charge is -2.36. The van der Waals surface area contributed by atoms with Crippen LogP contribution in [0.15, 0.2) is 436 Å². The van der Waals surface area contributed by atoms with E-state index in [4.69, 9.17) is 44.9 Å². The highest BCUT2D eigenvalue weighted by Crippen LogP contribution is 2.43. The number of allylic oxidation sites excluding steroid dienone is 6. The van der Waals surface area contributed by atoms with E-state index in [9.17, 15) is 5.41 Å². The molecule has 15 heteroatoms. The maximum absolute atomic E-state index is 10.6. The Morgan fingerprint density at radius 1 is 0.407 bits per heavy atom. The Kier molecular flexibility index (Phi) is 21.7. The third-order valence-corrected chi connectivity index (χ3v) is 22.5. The highest BCUT2D eigenvalue weighted by molar-refractivity contribution is 6.89. The van der Waals surface area contributed by atoms with Gasteiger partial charge in [0.2, 0.25) is 6.71 Å². The van der Waals surface area contributed by atoms with Gasteiger partial charge < -0.3 is 19.3 Å². The number of para-hydroxylation sites is 4. The van der Waals surface area contributed by atoms with Crippen LogP contribution in [0.1, 0.15) is 17.5 Å². The van der Waals surface area contributed by atoms with E-state index in [-0.39, 0.29) is 18.4 Å². The van der Waals surface area contributed by atoms with Crippen LogP contribution in [0.25, 0.3) is 130 Å². The van der Waals surface area contributed by atoms with Gasteiger partial charge in [0.05, 0.1) is 28.1 Å². The van der Waals surface area contributed by atoms with Crippen molar-refractivity contribution < 1.29 is 0 Å². The molecule has 0 saturated carbocycles. The Hall–Kier alpha value is -16.3. The minimum atomic E-state index is -0.384. The fraction of sp³-hybridized carbons (Fsp3) is 0.0370. The second-order valence-electron chi connectivity index (χ2n) is 30.1. The van der Waals surface area contributed by atoms with Crippen LogP contribution >= 0.6 is 0 Å². The number of aromatic nitrogens is 9. The van der Waals surface area contributed by atoms with Gasteiger partial charge in [-0.1, -0.05) is 315 Å². The molecule has 0 saturated heterocycles. The van der Waals surface area contributed by atoms with Gasteiger partial charge in [-0.15, -0.1) is 0 Å². The summed E-state index contributed by atoms with van der Waals surface area (Å²) in [4.78, 5) is 55.4. The fourth-order valence-electron chi connectivity index (χ4n) is 16.6. The molecule has 0 radical (unpaired) electrons. The molecular weight excluding hydrogens is 1500 g/mol. The van der Waals surface area contributed by atoms with Crippen molar-refractivity contribution in [2.75, 3.05) is 23.9 Å². The van der Waals surface area contributed by atoms with Crippen LogP contribution in [0.3, 0.4) is 0 Å². The minimum Gasteiger partial charge on any atom is -0.345 e. The molecule has 14 aromatic carbocycles. The molecule has 1 aliphatic rings. The summed E-state index contributed by atoms with van der Waals surface area (Å²) in [5.74, 6) is 3.73. The molecule has 14 nitrogen and oxygen atoms in total. The predicted octanol–water partition coefficient (Wildman–Crippen LogP) is 23.8. The summed E-state index contributed by atoms with van der Waals surface area (Å²) < 4.78 is 2.33. The Bertz CT molecular complexity index is 6680. The second-order valence-corrected chi connectivity index (χ2v) is 30.1.